The zero-order valence-corrected chi connectivity index (χ0v) is 20.3. The molecule has 0 aliphatic carbocycles. The second-order valence-electron chi connectivity index (χ2n) is 8.28. The number of aliphatic hydroxyl groups is 2. The maximum atomic E-state index is 13.0. The van der Waals surface area contributed by atoms with Crippen LogP contribution in [0.4, 0.5) is 5.95 Å². The number of rotatable bonds is 8. The second-order valence-corrected chi connectivity index (χ2v) is 8.28. The third-order valence-electron chi connectivity index (χ3n) is 4.99. The highest BCUT2D eigenvalue weighted by Gasteiger charge is 2.36. The molecule has 14 heteroatoms. The van der Waals surface area contributed by atoms with Gasteiger partial charge in [-0.05, 0) is 5.92 Å². The van der Waals surface area contributed by atoms with E-state index in [1.807, 2.05) is 0 Å². The lowest BCUT2D eigenvalue weighted by atomic mass is 10.1. The van der Waals surface area contributed by atoms with E-state index in [1.165, 1.54) is 24.9 Å². The minimum absolute atomic E-state index is 0.0155. The number of ether oxygens (including phenoxy) is 3. The molecular weight excluding hydrogens is 476 g/mol. The molecule has 14 nitrogen and oxygen atoms in total. The molecule has 1 aliphatic heterocycles. The number of nitrogens with zero attached hydrogens (tertiary/aromatic N) is 5. The molecule has 1 unspecified atom stereocenters. The zero-order valence-electron chi connectivity index (χ0n) is 20.3. The number of carbonyl (C=O) groups excluding carboxylic acids is 2. The van der Waals surface area contributed by atoms with Gasteiger partial charge in [0.2, 0.25) is 5.95 Å². The minimum Gasteiger partial charge on any atom is -0.464 e. The number of hydrogen-bond acceptors (Lipinski definition) is 11. The summed E-state index contributed by atoms with van der Waals surface area (Å²) in [5.74, 6) is 3.89. The molecular formula is C22H28N6O8. The van der Waals surface area contributed by atoms with Crippen molar-refractivity contribution in [3.63, 3.8) is 0 Å². The predicted octanol–water partition coefficient (Wildman–Crippen LogP) is -0.924. The van der Waals surface area contributed by atoms with E-state index in [4.69, 9.17) is 14.2 Å². The Labute approximate surface area is 205 Å². The van der Waals surface area contributed by atoms with Crippen LogP contribution in [0.1, 0.15) is 32.2 Å². The summed E-state index contributed by atoms with van der Waals surface area (Å²) in [6.45, 7) is 1.81. The Kier molecular flexibility index (Phi) is 8.75. The van der Waals surface area contributed by atoms with Crippen LogP contribution in [0.15, 0.2) is 9.79 Å². The fourth-order valence-electron chi connectivity index (χ4n) is 3.32. The highest BCUT2D eigenvalue weighted by molar-refractivity contribution is 5.81. The first kappa shape index (κ1) is 26.8. The Morgan fingerprint density at radius 3 is 2.56 bits per heavy atom. The van der Waals surface area contributed by atoms with E-state index in [1.54, 1.807) is 19.0 Å². The van der Waals surface area contributed by atoms with Crippen LogP contribution in [0, 0.1) is 17.8 Å². The lowest BCUT2D eigenvalue weighted by molar-refractivity contribution is -0.144. The Bertz CT molecular complexity index is 1240. The number of aromatic nitrogens is 4. The third kappa shape index (κ3) is 6.66. The number of carbonyl (C=O) groups is 2. The maximum Gasteiger partial charge on any atom is 0.302 e. The van der Waals surface area contributed by atoms with Crippen molar-refractivity contribution >= 4 is 35.3 Å². The molecule has 2 aromatic heterocycles. The van der Waals surface area contributed by atoms with Crippen molar-refractivity contribution in [2.45, 2.75) is 38.7 Å². The third-order valence-corrected chi connectivity index (χ3v) is 4.99. The molecule has 1 aliphatic rings. The van der Waals surface area contributed by atoms with Gasteiger partial charge in [-0.3, -0.25) is 19.4 Å². The molecule has 194 valence electrons. The van der Waals surface area contributed by atoms with E-state index < -0.39 is 48.5 Å². The molecule has 0 radical (unpaired) electrons. The number of hydrogen-bond donors (Lipinski definition) is 3. The number of aromatic amines is 1. The largest absolute Gasteiger partial charge is 0.464 e. The Balaban J connectivity index is 2.08. The van der Waals surface area contributed by atoms with Gasteiger partial charge in [-0.2, -0.15) is 10.1 Å². The van der Waals surface area contributed by atoms with E-state index in [9.17, 15) is 24.6 Å². The van der Waals surface area contributed by atoms with E-state index in [2.05, 4.69) is 31.9 Å². The smallest absolute Gasteiger partial charge is 0.302 e. The lowest BCUT2D eigenvalue weighted by Gasteiger charge is -2.12. The molecule has 3 rings (SSSR count). The molecule has 0 aromatic carbocycles. The topological polar surface area (TPSA) is 181 Å². The molecule has 0 spiro atoms. The molecule has 36 heavy (non-hydrogen) atoms. The van der Waals surface area contributed by atoms with E-state index in [0.717, 1.165) is 0 Å². The fourth-order valence-corrected chi connectivity index (χ4v) is 3.32. The van der Waals surface area contributed by atoms with Crippen LogP contribution in [0.2, 0.25) is 0 Å². The highest BCUT2D eigenvalue weighted by Crippen LogP contribution is 2.31. The summed E-state index contributed by atoms with van der Waals surface area (Å²) in [5.41, 5.74) is -0.403. The minimum atomic E-state index is -0.946. The van der Waals surface area contributed by atoms with Gasteiger partial charge in [0.05, 0.1) is 25.0 Å². The van der Waals surface area contributed by atoms with Gasteiger partial charge in [0.25, 0.3) is 5.56 Å². The molecule has 0 amide bonds. The van der Waals surface area contributed by atoms with Gasteiger partial charge >= 0.3 is 11.9 Å². The standard InChI is InChI=1S/C22H28N6O8/c1-12(30)34-9-14(10-35-13(2)31)5-6-15-19-20(24-22(25-21(19)33)23-11-27(3)4)28(26-15)18-7-16(32)17(8-29)36-18/h11,14,16-18,29,32H,7-10H2,1-4H3,(H,24,25,33)/b23-11+/t16?,17-,18-/m1/s1. The molecule has 0 bridgehead atoms. The molecule has 0 saturated carbocycles. The van der Waals surface area contributed by atoms with Crippen LogP contribution >= 0.6 is 0 Å². The molecule has 3 heterocycles. The Morgan fingerprint density at radius 2 is 2.00 bits per heavy atom. The van der Waals surface area contributed by atoms with E-state index in [-0.39, 0.29) is 42.3 Å². The summed E-state index contributed by atoms with van der Waals surface area (Å²) in [4.78, 5) is 48.2. The number of nitrogens with one attached hydrogen (secondary N) is 1. The van der Waals surface area contributed by atoms with Gasteiger partial charge in [0, 0.05) is 34.4 Å². The maximum absolute atomic E-state index is 13.0. The number of H-pyrrole nitrogens is 1. The van der Waals surface area contributed by atoms with E-state index in [0.29, 0.717) is 0 Å². The number of aliphatic imine (C=N–C) groups is 1. The van der Waals surface area contributed by atoms with Crippen molar-refractivity contribution in [1.29, 1.82) is 0 Å². The van der Waals surface area contributed by atoms with Crippen molar-refractivity contribution in [1.82, 2.24) is 24.6 Å². The van der Waals surface area contributed by atoms with Crippen LogP contribution in [-0.4, -0.2) is 99.3 Å². The van der Waals surface area contributed by atoms with Crippen LogP contribution in [0.5, 0.6) is 0 Å². The average molecular weight is 505 g/mol. The van der Waals surface area contributed by atoms with Crippen molar-refractivity contribution in [2.24, 2.45) is 10.9 Å². The van der Waals surface area contributed by atoms with Gasteiger partial charge in [-0.25, -0.2) is 9.67 Å². The number of aliphatic hydroxyl groups excluding tert-OH is 2. The van der Waals surface area contributed by atoms with Crippen molar-refractivity contribution in [3.05, 3.63) is 16.0 Å². The molecule has 2 aromatic rings. The monoisotopic (exact) mass is 504 g/mol. The predicted molar refractivity (Wildman–Crippen MR) is 125 cm³/mol. The van der Waals surface area contributed by atoms with Gasteiger partial charge in [0.1, 0.15) is 24.7 Å². The lowest BCUT2D eigenvalue weighted by Crippen LogP contribution is -2.24. The SMILES string of the molecule is CC(=O)OCC(C#Cc1nn([C@H]2CC(O)[C@@H](CO)O2)c2nc(/N=C/N(C)C)[nH]c(=O)c12)COC(C)=O. The Morgan fingerprint density at radius 1 is 1.33 bits per heavy atom. The van der Waals surface area contributed by atoms with Crippen molar-refractivity contribution in [2.75, 3.05) is 33.9 Å². The van der Waals surface area contributed by atoms with Crippen molar-refractivity contribution in [3.8, 4) is 11.8 Å². The van der Waals surface area contributed by atoms with Crippen LogP contribution in [0.25, 0.3) is 11.0 Å². The average Bonchev–Trinajstić information content (AvgIpc) is 3.37. The van der Waals surface area contributed by atoms with E-state index >= 15 is 0 Å². The zero-order chi connectivity index (χ0) is 26.4. The first-order chi connectivity index (χ1) is 17.1. The summed E-state index contributed by atoms with van der Waals surface area (Å²) in [5, 5.41) is 24.1. The number of fused-ring (bicyclic) bond motifs is 1. The second kappa shape index (κ2) is 11.8. The molecule has 1 saturated heterocycles. The first-order valence-corrected chi connectivity index (χ1v) is 11.0. The summed E-state index contributed by atoms with van der Waals surface area (Å²) in [7, 11) is 3.51. The molecule has 3 N–H and O–H groups in total. The normalized spacial score (nSPS) is 19.5. The highest BCUT2D eigenvalue weighted by atomic mass is 16.6. The van der Waals surface area contributed by atoms with Crippen LogP contribution < -0.4 is 5.56 Å². The first-order valence-electron chi connectivity index (χ1n) is 11.0. The van der Waals surface area contributed by atoms with Gasteiger partial charge < -0.3 is 29.3 Å². The summed E-state index contributed by atoms with van der Waals surface area (Å²) < 4.78 is 17.0. The summed E-state index contributed by atoms with van der Waals surface area (Å²) in [6, 6.07) is 0. The Hall–Kier alpha value is -3.80. The van der Waals surface area contributed by atoms with Crippen LogP contribution in [-0.2, 0) is 23.8 Å². The van der Waals surface area contributed by atoms with Gasteiger partial charge in [-0.1, -0.05) is 5.92 Å². The van der Waals surface area contributed by atoms with Crippen LogP contribution in [0.3, 0.4) is 0 Å². The number of esters is 2. The van der Waals surface area contributed by atoms with Crippen molar-refractivity contribution < 1.29 is 34.0 Å². The quantitative estimate of drug-likeness (QED) is 0.175. The summed E-state index contributed by atoms with van der Waals surface area (Å²) >= 11 is 0. The fraction of sp³-hybridized carbons (Fsp3) is 0.545. The van der Waals surface area contributed by atoms with Gasteiger partial charge in [-0.15, -0.1) is 0 Å². The molecule has 1 fully saturated rings. The van der Waals surface area contributed by atoms with Gasteiger partial charge in [0.15, 0.2) is 17.6 Å². The summed E-state index contributed by atoms with van der Waals surface area (Å²) in [6.07, 6.45) is -1.04. The molecule has 3 atom stereocenters.